The molecular formula is C18H7BF10. The first-order valence-corrected chi connectivity index (χ1v) is 7.86. The number of alkyl halides is 1. The first kappa shape index (κ1) is 21.0. The molecule has 0 N–H and O–H groups in total. The Bertz CT molecular complexity index is 998. The van der Waals surface area contributed by atoms with Crippen molar-refractivity contribution >= 4 is 17.6 Å². The third kappa shape index (κ3) is 3.42. The summed E-state index contributed by atoms with van der Waals surface area (Å²) >= 11 is 0. The molecule has 1 unspecified atom stereocenters. The van der Waals surface area contributed by atoms with E-state index >= 15 is 4.39 Å². The van der Waals surface area contributed by atoms with Crippen molar-refractivity contribution in [1.82, 2.24) is 0 Å². The van der Waals surface area contributed by atoms with Gasteiger partial charge >= 0.3 is 0 Å². The molecule has 152 valence electrons. The van der Waals surface area contributed by atoms with E-state index in [2.05, 4.69) is 0 Å². The molecule has 0 fully saturated rings. The largest absolute Gasteiger partial charge is 0.273 e. The van der Waals surface area contributed by atoms with E-state index in [1.54, 1.807) is 0 Å². The van der Waals surface area contributed by atoms with Gasteiger partial charge in [0.2, 0.25) is 0 Å². The number of rotatable bonds is 3. The van der Waals surface area contributed by atoms with Gasteiger partial charge in [-0.3, -0.25) is 0 Å². The highest BCUT2D eigenvalue weighted by Gasteiger charge is 2.50. The molecule has 11 heteroatoms. The van der Waals surface area contributed by atoms with Crippen LogP contribution in [-0.4, -0.2) is 12.3 Å². The van der Waals surface area contributed by atoms with Gasteiger partial charge < -0.3 is 0 Å². The molecule has 0 saturated carbocycles. The van der Waals surface area contributed by atoms with Crippen LogP contribution in [0.5, 0.6) is 0 Å². The highest BCUT2D eigenvalue weighted by atomic mass is 19.2. The molecule has 0 spiro atoms. The summed E-state index contributed by atoms with van der Waals surface area (Å²) in [5.74, 6) is -18.6. The van der Waals surface area contributed by atoms with Crippen molar-refractivity contribution in [2.75, 3.05) is 0 Å². The Labute approximate surface area is 157 Å². The van der Waals surface area contributed by atoms with Crippen molar-refractivity contribution in [3.63, 3.8) is 0 Å². The number of allylic oxidation sites excluding steroid dienone is 4. The normalized spacial score (nSPS) is 18.8. The summed E-state index contributed by atoms with van der Waals surface area (Å²) in [6, 6.07) is -0.447. The van der Waals surface area contributed by atoms with Crippen LogP contribution in [0.2, 0.25) is 0 Å². The van der Waals surface area contributed by atoms with Crippen molar-refractivity contribution in [2.45, 2.75) is 12.0 Å². The fourth-order valence-electron chi connectivity index (χ4n) is 3.20. The third-order valence-corrected chi connectivity index (χ3v) is 4.45. The van der Waals surface area contributed by atoms with Crippen LogP contribution in [0.3, 0.4) is 0 Å². The van der Waals surface area contributed by atoms with Crippen LogP contribution in [0.25, 0.3) is 0 Å². The second kappa shape index (κ2) is 7.27. The highest BCUT2D eigenvalue weighted by molar-refractivity contribution is 6.88. The molecule has 1 aliphatic rings. The molecule has 0 nitrogen and oxygen atoms in total. The molecule has 2 aromatic rings. The molecule has 0 heterocycles. The smallest absolute Gasteiger partial charge is 0.247 e. The predicted octanol–water partition coefficient (Wildman–Crippen LogP) is 4.47. The van der Waals surface area contributed by atoms with Crippen molar-refractivity contribution in [1.29, 1.82) is 0 Å². The van der Waals surface area contributed by atoms with E-state index in [0.717, 1.165) is 6.08 Å². The molecule has 2 aromatic carbocycles. The molecule has 0 aliphatic heterocycles. The maximum Gasteiger partial charge on any atom is 0.273 e. The van der Waals surface area contributed by atoms with Crippen LogP contribution in [0.1, 0.15) is 6.42 Å². The number of halogens is 10. The SMILES string of the molecule is FC1=CC=CC(F)(B(c2c(F)cc(F)c(F)c2F)c2c(F)cc(F)c(F)c2F)C1. The van der Waals surface area contributed by atoms with Crippen LogP contribution >= 0.6 is 0 Å². The van der Waals surface area contributed by atoms with Crippen LogP contribution in [0.4, 0.5) is 43.9 Å². The van der Waals surface area contributed by atoms with Crippen LogP contribution in [0.15, 0.2) is 36.2 Å². The van der Waals surface area contributed by atoms with Crippen molar-refractivity contribution in [2.24, 2.45) is 0 Å². The van der Waals surface area contributed by atoms with E-state index in [0.29, 0.717) is 12.2 Å². The summed E-state index contributed by atoms with van der Waals surface area (Å²) in [4.78, 5) is 0. The van der Waals surface area contributed by atoms with Gasteiger partial charge in [-0.25, -0.2) is 43.9 Å². The molecule has 0 radical (unpaired) electrons. The maximum absolute atomic E-state index is 15.6. The Morgan fingerprint density at radius 3 is 1.52 bits per heavy atom. The monoisotopic (exact) mass is 424 g/mol. The van der Waals surface area contributed by atoms with Crippen molar-refractivity contribution < 1.29 is 43.9 Å². The zero-order valence-corrected chi connectivity index (χ0v) is 14.0. The van der Waals surface area contributed by atoms with E-state index in [-0.39, 0.29) is 12.1 Å². The Kier molecular flexibility index (Phi) is 5.27. The first-order chi connectivity index (χ1) is 13.5. The number of hydrogen-bond acceptors (Lipinski definition) is 0. The summed E-state index contributed by atoms with van der Waals surface area (Å²) in [5.41, 5.74) is -6.80. The van der Waals surface area contributed by atoms with E-state index in [1.807, 2.05) is 0 Å². The Balaban J connectivity index is 2.41. The number of benzene rings is 2. The molecular weight excluding hydrogens is 417 g/mol. The van der Waals surface area contributed by atoms with Gasteiger partial charge in [0, 0.05) is 29.5 Å². The lowest BCUT2D eigenvalue weighted by atomic mass is 9.30. The highest BCUT2D eigenvalue weighted by Crippen LogP contribution is 2.32. The lowest BCUT2D eigenvalue weighted by Crippen LogP contribution is -2.62. The summed E-state index contributed by atoms with van der Waals surface area (Å²) in [6.45, 7) is -2.87. The lowest BCUT2D eigenvalue weighted by molar-refractivity contribution is 0.311. The average Bonchev–Trinajstić information content (AvgIpc) is 2.63. The molecule has 0 saturated heterocycles. The summed E-state index contributed by atoms with van der Waals surface area (Å²) in [5, 5.41) is 0. The van der Waals surface area contributed by atoms with E-state index < -0.39 is 82.0 Å². The minimum Gasteiger partial charge on any atom is -0.247 e. The quantitative estimate of drug-likeness (QED) is 0.296. The van der Waals surface area contributed by atoms with Crippen LogP contribution in [0, 0.1) is 46.5 Å². The summed E-state index contributed by atoms with van der Waals surface area (Å²) in [7, 11) is 0. The third-order valence-electron chi connectivity index (χ3n) is 4.45. The predicted molar refractivity (Wildman–Crippen MR) is 84.4 cm³/mol. The van der Waals surface area contributed by atoms with Crippen LogP contribution < -0.4 is 10.9 Å². The van der Waals surface area contributed by atoms with Gasteiger partial charge in [0.1, 0.15) is 23.0 Å². The lowest BCUT2D eigenvalue weighted by Gasteiger charge is -2.31. The Hall–Kier alpha value is -2.72. The van der Waals surface area contributed by atoms with Crippen molar-refractivity contribution in [3.05, 3.63) is 82.7 Å². The standard InChI is InChI=1S/C18H7BF10/c20-7-2-1-3-18(29,6-7)19(12-8(21)4-10(23)14(25)16(12)27)13-9(22)5-11(24)15(26)17(13)28/h1-5H,6H2. The van der Waals surface area contributed by atoms with Gasteiger partial charge in [-0.15, -0.1) is 0 Å². The van der Waals surface area contributed by atoms with Gasteiger partial charge in [-0.1, -0.05) is 12.2 Å². The van der Waals surface area contributed by atoms with Crippen molar-refractivity contribution in [3.8, 4) is 0 Å². The van der Waals surface area contributed by atoms with E-state index in [9.17, 15) is 39.5 Å². The molecule has 1 atom stereocenters. The second-order valence-corrected chi connectivity index (χ2v) is 6.27. The van der Waals surface area contributed by atoms with Gasteiger partial charge in [-0.2, -0.15) is 0 Å². The molecule has 0 aromatic heterocycles. The zero-order chi connectivity index (χ0) is 21.7. The molecule has 0 amide bonds. The van der Waals surface area contributed by atoms with Crippen LogP contribution in [-0.2, 0) is 0 Å². The van der Waals surface area contributed by atoms with Gasteiger partial charge in [0.05, 0.1) is 0 Å². The Morgan fingerprint density at radius 1 is 0.655 bits per heavy atom. The second-order valence-electron chi connectivity index (χ2n) is 6.27. The van der Waals surface area contributed by atoms with E-state index in [1.165, 1.54) is 0 Å². The minimum atomic E-state index is -3.35. The molecule has 29 heavy (non-hydrogen) atoms. The fourth-order valence-corrected chi connectivity index (χ4v) is 3.20. The zero-order valence-electron chi connectivity index (χ0n) is 14.0. The van der Waals surface area contributed by atoms with Gasteiger partial charge in [-0.05, 0) is 6.08 Å². The molecule has 1 aliphatic carbocycles. The Morgan fingerprint density at radius 2 is 1.10 bits per heavy atom. The fraction of sp³-hybridized carbons (Fsp3) is 0.111. The topological polar surface area (TPSA) is 0 Å². The van der Waals surface area contributed by atoms with Gasteiger partial charge in [0.25, 0.3) is 6.71 Å². The van der Waals surface area contributed by atoms with E-state index in [4.69, 9.17) is 0 Å². The maximum atomic E-state index is 15.6. The van der Waals surface area contributed by atoms with Gasteiger partial charge in [0.15, 0.2) is 34.9 Å². The first-order valence-electron chi connectivity index (χ1n) is 7.86. The summed E-state index contributed by atoms with van der Waals surface area (Å²) in [6.07, 6.45) is 0.562. The number of hydrogen-bond donors (Lipinski definition) is 0. The molecule has 0 bridgehead atoms. The summed E-state index contributed by atoms with van der Waals surface area (Å²) < 4.78 is 141. The minimum absolute atomic E-state index is 0.224. The average molecular weight is 424 g/mol. The molecule has 3 rings (SSSR count).